The van der Waals surface area contributed by atoms with Gasteiger partial charge < -0.3 is 10.3 Å². The van der Waals surface area contributed by atoms with Crippen molar-refractivity contribution in [2.24, 2.45) is 0 Å². The molecule has 4 nitrogen and oxygen atoms in total. The van der Waals surface area contributed by atoms with Gasteiger partial charge in [0.15, 0.2) is 0 Å². The van der Waals surface area contributed by atoms with Crippen molar-refractivity contribution in [2.45, 2.75) is 43.5 Å². The van der Waals surface area contributed by atoms with Gasteiger partial charge in [-0.3, -0.25) is 4.79 Å². The Hall–Kier alpha value is -0.300. The smallest absolute Gasteiger partial charge is 0.266 e. The van der Waals surface area contributed by atoms with E-state index in [0.717, 1.165) is 12.8 Å². The topological polar surface area (TPSA) is 57.8 Å². The van der Waals surface area contributed by atoms with Crippen LogP contribution in [-0.4, -0.2) is 21.4 Å². The van der Waals surface area contributed by atoms with E-state index in [1.165, 1.54) is 25.6 Å². The highest BCUT2D eigenvalue weighted by atomic mass is 127. The highest BCUT2D eigenvalue weighted by molar-refractivity contribution is 14.1. The fourth-order valence-corrected chi connectivity index (χ4v) is 2.88. The molecule has 2 N–H and O–H groups in total. The van der Waals surface area contributed by atoms with Gasteiger partial charge in [0, 0.05) is 6.04 Å². The third-order valence-electron chi connectivity index (χ3n) is 3.05. The third kappa shape index (κ3) is 3.34. The molecule has 0 radical (unpaired) electrons. The minimum Gasteiger partial charge on any atom is -0.365 e. The number of hydrogen-bond acceptors (Lipinski definition) is 3. The first-order valence-electron chi connectivity index (χ1n) is 5.82. The highest BCUT2D eigenvalue weighted by Crippen LogP contribution is 2.25. The number of aromatic nitrogens is 2. The zero-order valence-electron chi connectivity index (χ0n) is 9.38. The molecule has 0 bridgehead atoms. The van der Waals surface area contributed by atoms with E-state index >= 15 is 0 Å². The van der Waals surface area contributed by atoms with Gasteiger partial charge in [-0.15, -0.1) is 11.6 Å². The summed E-state index contributed by atoms with van der Waals surface area (Å²) in [5.41, 5.74) is -0.108. The molecule has 6 heteroatoms. The van der Waals surface area contributed by atoms with Gasteiger partial charge in [-0.2, -0.15) is 0 Å². The molecule has 2 atom stereocenters. The average molecular weight is 368 g/mol. The lowest BCUT2D eigenvalue weighted by Crippen LogP contribution is -2.30. The number of H-pyrrole nitrogens is 1. The van der Waals surface area contributed by atoms with Crippen LogP contribution in [0.15, 0.2) is 11.1 Å². The fraction of sp³-hybridized carbons (Fsp3) is 0.636. The van der Waals surface area contributed by atoms with E-state index in [1.54, 1.807) is 0 Å². The van der Waals surface area contributed by atoms with Crippen LogP contribution in [-0.2, 0) is 0 Å². The molecule has 1 aliphatic carbocycles. The zero-order valence-corrected chi connectivity index (χ0v) is 12.3. The van der Waals surface area contributed by atoms with Crippen LogP contribution < -0.4 is 10.9 Å². The molecule has 2 rings (SSSR count). The van der Waals surface area contributed by atoms with Crippen LogP contribution in [0.3, 0.4) is 0 Å². The molecular formula is C11H15ClIN3O. The van der Waals surface area contributed by atoms with Crippen molar-refractivity contribution in [3.05, 3.63) is 20.3 Å². The molecule has 1 fully saturated rings. The summed E-state index contributed by atoms with van der Waals surface area (Å²) in [6, 6.07) is 0.210. The largest absolute Gasteiger partial charge is 0.365 e. The van der Waals surface area contributed by atoms with Crippen LogP contribution in [0.4, 0.5) is 5.82 Å². The molecular weight excluding hydrogens is 352 g/mol. The lowest BCUT2D eigenvalue weighted by Gasteiger charge is -2.21. The van der Waals surface area contributed by atoms with E-state index in [9.17, 15) is 4.79 Å². The first kappa shape index (κ1) is 13.1. The number of aromatic amines is 1. The fourth-order valence-electron chi connectivity index (χ4n) is 2.08. The van der Waals surface area contributed by atoms with Crippen molar-refractivity contribution >= 4 is 40.0 Å². The molecule has 1 heterocycles. The summed E-state index contributed by atoms with van der Waals surface area (Å²) in [4.78, 5) is 18.2. The molecule has 1 aromatic rings. The Kier molecular flexibility index (Phi) is 4.67. The number of nitrogens with one attached hydrogen (secondary N) is 2. The minimum absolute atomic E-state index is 0.108. The molecule has 2 unspecified atom stereocenters. The van der Waals surface area contributed by atoms with Crippen LogP contribution in [0.2, 0.25) is 0 Å². The number of anilines is 1. The van der Waals surface area contributed by atoms with Gasteiger partial charge >= 0.3 is 0 Å². The van der Waals surface area contributed by atoms with Gasteiger partial charge in [0.2, 0.25) is 0 Å². The van der Waals surface area contributed by atoms with Gasteiger partial charge in [0.25, 0.3) is 5.56 Å². The second-order valence-corrected chi connectivity index (χ2v) is 5.94. The maximum atomic E-state index is 11.5. The molecule has 0 spiro atoms. The Bertz CT molecular complexity index is 437. The van der Waals surface area contributed by atoms with E-state index < -0.39 is 0 Å². The Morgan fingerprint density at radius 2 is 2.18 bits per heavy atom. The summed E-state index contributed by atoms with van der Waals surface area (Å²) in [5.74, 6) is 0.645. The molecule has 1 saturated carbocycles. The summed E-state index contributed by atoms with van der Waals surface area (Å²) in [6.45, 7) is 0. The number of halogens is 2. The Morgan fingerprint density at radius 1 is 1.41 bits per heavy atom. The Labute approximate surface area is 119 Å². The van der Waals surface area contributed by atoms with Gasteiger partial charge in [-0.1, -0.05) is 19.3 Å². The molecule has 0 aromatic carbocycles. The average Bonchev–Trinajstić information content (AvgIpc) is 2.51. The summed E-state index contributed by atoms with van der Waals surface area (Å²) in [6.07, 6.45) is 7.10. The quantitative estimate of drug-likeness (QED) is 0.480. The summed E-state index contributed by atoms with van der Waals surface area (Å²) in [7, 11) is 0. The van der Waals surface area contributed by atoms with Gasteiger partial charge in [0.05, 0.1) is 11.7 Å². The van der Waals surface area contributed by atoms with Crippen molar-refractivity contribution in [1.82, 2.24) is 9.97 Å². The molecule has 0 amide bonds. The van der Waals surface area contributed by atoms with E-state index in [-0.39, 0.29) is 17.0 Å². The first-order chi connectivity index (χ1) is 8.18. The van der Waals surface area contributed by atoms with E-state index in [0.29, 0.717) is 9.39 Å². The Balaban J connectivity index is 2.13. The molecule has 1 aromatic heterocycles. The molecule has 1 aliphatic rings. The summed E-state index contributed by atoms with van der Waals surface area (Å²) < 4.78 is 0.596. The van der Waals surface area contributed by atoms with Crippen molar-refractivity contribution in [3.63, 3.8) is 0 Å². The second-order valence-electron chi connectivity index (χ2n) is 4.30. The number of nitrogens with zero attached hydrogens (tertiary/aromatic N) is 1. The van der Waals surface area contributed by atoms with Crippen molar-refractivity contribution in [3.8, 4) is 0 Å². The van der Waals surface area contributed by atoms with Crippen LogP contribution in [0.1, 0.15) is 32.1 Å². The SMILES string of the molecule is O=c1[nH]cnc(NC2CCCCCC2Cl)c1I. The van der Waals surface area contributed by atoms with Crippen molar-refractivity contribution < 1.29 is 0 Å². The predicted octanol–water partition coefficient (Wildman–Crippen LogP) is 2.73. The number of hydrogen-bond donors (Lipinski definition) is 2. The molecule has 0 aliphatic heterocycles. The monoisotopic (exact) mass is 367 g/mol. The van der Waals surface area contributed by atoms with Crippen LogP contribution >= 0.6 is 34.2 Å². The summed E-state index contributed by atoms with van der Waals surface area (Å²) >= 11 is 8.36. The first-order valence-corrected chi connectivity index (χ1v) is 7.34. The van der Waals surface area contributed by atoms with Gasteiger partial charge in [-0.25, -0.2) is 4.98 Å². The van der Waals surface area contributed by atoms with Crippen LogP contribution in [0, 0.1) is 3.57 Å². The van der Waals surface area contributed by atoms with Crippen molar-refractivity contribution in [2.75, 3.05) is 5.32 Å². The maximum Gasteiger partial charge on any atom is 0.266 e. The standard InChI is InChI=1S/C11H15ClIN3O/c12-7-4-2-1-3-5-8(7)16-10-9(13)11(17)15-6-14-10/h6-8H,1-5H2,(H2,14,15,16,17). The second kappa shape index (κ2) is 6.04. The minimum atomic E-state index is -0.108. The predicted molar refractivity (Wildman–Crippen MR) is 77.7 cm³/mol. The van der Waals surface area contributed by atoms with Gasteiger partial charge in [0.1, 0.15) is 9.39 Å². The Morgan fingerprint density at radius 3 is 3.00 bits per heavy atom. The summed E-state index contributed by atoms with van der Waals surface area (Å²) in [5, 5.41) is 3.43. The van der Waals surface area contributed by atoms with Crippen LogP contribution in [0.5, 0.6) is 0 Å². The zero-order chi connectivity index (χ0) is 12.3. The lowest BCUT2D eigenvalue weighted by atomic mass is 10.1. The number of rotatable bonds is 2. The maximum absolute atomic E-state index is 11.5. The third-order valence-corrected chi connectivity index (χ3v) is 4.57. The van der Waals surface area contributed by atoms with E-state index in [4.69, 9.17) is 11.6 Å². The van der Waals surface area contributed by atoms with E-state index in [1.807, 2.05) is 22.6 Å². The van der Waals surface area contributed by atoms with Gasteiger partial charge in [-0.05, 0) is 35.4 Å². The van der Waals surface area contributed by atoms with E-state index in [2.05, 4.69) is 15.3 Å². The highest BCUT2D eigenvalue weighted by Gasteiger charge is 2.22. The molecule has 94 valence electrons. The number of alkyl halides is 1. The molecule has 0 saturated heterocycles. The normalized spacial score (nSPS) is 25.3. The lowest BCUT2D eigenvalue weighted by molar-refractivity contribution is 0.624. The molecule has 17 heavy (non-hydrogen) atoms. The van der Waals surface area contributed by atoms with Crippen molar-refractivity contribution in [1.29, 1.82) is 0 Å². The van der Waals surface area contributed by atoms with Crippen LogP contribution in [0.25, 0.3) is 0 Å².